The van der Waals surface area contributed by atoms with Gasteiger partial charge in [0.25, 0.3) is 0 Å². The molecule has 0 spiro atoms. The molecule has 0 heterocycles. The Labute approximate surface area is 99.3 Å². The van der Waals surface area contributed by atoms with Gasteiger partial charge in [-0.3, -0.25) is 0 Å². The van der Waals surface area contributed by atoms with Crippen LogP contribution in [-0.2, 0) is 6.42 Å². The Morgan fingerprint density at radius 2 is 1.88 bits per heavy atom. The maximum atomic E-state index is 3.65. The highest BCUT2D eigenvalue weighted by Gasteiger charge is 2.30. The summed E-state index contributed by atoms with van der Waals surface area (Å²) >= 11 is 0. The first kappa shape index (κ1) is 11.7. The number of likely N-dealkylation sites (N-methyl/N-ethyl adjacent to an activating group) is 1. The fourth-order valence-electron chi connectivity index (χ4n) is 2.56. The summed E-state index contributed by atoms with van der Waals surface area (Å²) in [7, 11) is 0. The van der Waals surface area contributed by atoms with E-state index in [0.717, 1.165) is 12.5 Å². The first-order chi connectivity index (χ1) is 7.72. The van der Waals surface area contributed by atoms with Crippen molar-refractivity contribution < 1.29 is 0 Å². The summed E-state index contributed by atoms with van der Waals surface area (Å²) in [5.74, 6) is 0.930. The van der Waals surface area contributed by atoms with Crippen LogP contribution in [0, 0.1) is 19.8 Å². The van der Waals surface area contributed by atoms with Gasteiger partial charge in [0.15, 0.2) is 0 Å². The van der Waals surface area contributed by atoms with Crippen LogP contribution in [0.1, 0.15) is 36.5 Å². The van der Waals surface area contributed by atoms with Crippen molar-refractivity contribution >= 4 is 0 Å². The van der Waals surface area contributed by atoms with Crippen molar-refractivity contribution in [2.45, 2.75) is 46.1 Å². The molecule has 1 aliphatic carbocycles. The molecule has 1 aromatic rings. The number of aryl methyl sites for hydroxylation is 2. The van der Waals surface area contributed by atoms with Crippen LogP contribution in [-0.4, -0.2) is 12.6 Å². The standard InChI is InChI=1S/C15H23N/c1-4-16-15(13-8-9-13)10-14-11(2)6-5-7-12(14)3/h5-7,13,15-16H,4,8-10H2,1-3H3. The SMILES string of the molecule is CCNC(Cc1c(C)cccc1C)C1CC1. The molecular weight excluding hydrogens is 194 g/mol. The molecule has 0 radical (unpaired) electrons. The van der Waals surface area contributed by atoms with Gasteiger partial charge in [0.05, 0.1) is 0 Å². The molecule has 0 aromatic heterocycles. The predicted octanol–water partition coefficient (Wildman–Crippen LogP) is 3.23. The fourth-order valence-corrected chi connectivity index (χ4v) is 2.56. The topological polar surface area (TPSA) is 12.0 Å². The third kappa shape index (κ3) is 2.65. The summed E-state index contributed by atoms with van der Waals surface area (Å²) in [5.41, 5.74) is 4.45. The van der Waals surface area contributed by atoms with Crippen LogP contribution in [0.25, 0.3) is 0 Å². The molecule has 1 saturated carbocycles. The molecule has 16 heavy (non-hydrogen) atoms. The van der Waals surface area contributed by atoms with Crippen molar-refractivity contribution in [2.24, 2.45) is 5.92 Å². The Morgan fingerprint density at radius 1 is 1.25 bits per heavy atom. The summed E-state index contributed by atoms with van der Waals surface area (Å²) in [5, 5.41) is 3.65. The van der Waals surface area contributed by atoms with E-state index >= 15 is 0 Å². The molecular formula is C15H23N. The van der Waals surface area contributed by atoms with Gasteiger partial charge in [0, 0.05) is 6.04 Å². The number of nitrogens with one attached hydrogen (secondary N) is 1. The third-order valence-electron chi connectivity index (χ3n) is 3.73. The van der Waals surface area contributed by atoms with Gasteiger partial charge in [0.1, 0.15) is 0 Å². The van der Waals surface area contributed by atoms with Crippen LogP contribution in [0.5, 0.6) is 0 Å². The second-order valence-corrected chi connectivity index (χ2v) is 5.08. The Balaban J connectivity index is 2.11. The maximum absolute atomic E-state index is 3.65. The van der Waals surface area contributed by atoms with Gasteiger partial charge in [-0.15, -0.1) is 0 Å². The molecule has 1 unspecified atom stereocenters. The van der Waals surface area contributed by atoms with E-state index in [4.69, 9.17) is 0 Å². The monoisotopic (exact) mass is 217 g/mol. The Morgan fingerprint density at radius 3 is 2.38 bits per heavy atom. The van der Waals surface area contributed by atoms with E-state index in [1.807, 2.05) is 0 Å². The van der Waals surface area contributed by atoms with Crippen molar-refractivity contribution in [1.29, 1.82) is 0 Å². The molecule has 0 bridgehead atoms. The van der Waals surface area contributed by atoms with Crippen molar-refractivity contribution in [1.82, 2.24) is 5.32 Å². The first-order valence-corrected chi connectivity index (χ1v) is 6.50. The quantitative estimate of drug-likeness (QED) is 0.798. The van der Waals surface area contributed by atoms with Crippen LogP contribution >= 0.6 is 0 Å². The van der Waals surface area contributed by atoms with Crippen LogP contribution in [0.2, 0.25) is 0 Å². The van der Waals surface area contributed by atoms with Gasteiger partial charge in [0.2, 0.25) is 0 Å². The highest BCUT2D eigenvalue weighted by Crippen LogP contribution is 2.34. The second kappa shape index (κ2) is 5.01. The zero-order chi connectivity index (χ0) is 11.5. The third-order valence-corrected chi connectivity index (χ3v) is 3.73. The second-order valence-electron chi connectivity index (χ2n) is 5.08. The molecule has 88 valence electrons. The molecule has 2 rings (SSSR count). The van der Waals surface area contributed by atoms with E-state index in [2.05, 4.69) is 44.3 Å². The molecule has 1 heteroatoms. The molecule has 1 N–H and O–H groups in total. The summed E-state index contributed by atoms with van der Waals surface area (Å²) in [4.78, 5) is 0. The molecule has 1 fully saturated rings. The first-order valence-electron chi connectivity index (χ1n) is 6.50. The van der Waals surface area contributed by atoms with Crippen molar-refractivity contribution in [2.75, 3.05) is 6.54 Å². The Hall–Kier alpha value is -0.820. The molecule has 0 amide bonds. The molecule has 1 nitrogen and oxygen atoms in total. The number of hydrogen-bond acceptors (Lipinski definition) is 1. The molecule has 1 aliphatic rings. The van der Waals surface area contributed by atoms with Crippen LogP contribution in [0.4, 0.5) is 0 Å². The number of benzene rings is 1. The summed E-state index contributed by atoms with van der Waals surface area (Å²) in [6.07, 6.45) is 4.04. The molecule has 1 atom stereocenters. The van der Waals surface area contributed by atoms with Gasteiger partial charge in [-0.1, -0.05) is 25.1 Å². The number of rotatable bonds is 5. The highest BCUT2D eigenvalue weighted by atomic mass is 14.9. The lowest BCUT2D eigenvalue weighted by Gasteiger charge is -2.20. The average Bonchev–Trinajstić information content (AvgIpc) is 3.06. The van der Waals surface area contributed by atoms with Crippen molar-refractivity contribution in [3.05, 3.63) is 34.9 Å². The highest BCUT2D eigenvalue weighted by molar-refractivity contribution is 5.34. The maximum Gasteiger partial charge on any atom is 0.0136 e. The van der Waals surface area contributed by atoms with Crippen molar-refractivity contribution in [3.63, 3.8) is 0 Å². The van der Waals surface area contributed by atoms with Gasteiger partial charge < -0.3 is 5.32 Å². The lowest BCUT2D eigenvalue weighted by Crippen LogP contribution is -2.33. The Kier molecular flexibility index (Phi) is 3.65. The number of hydrogen-bond donors (Lipinski definition) is 1. The molecule has 1 aromatic carbocycles. The van der Waals surface area contributed by atoms with Gasteiger partial charge in [-0.25, -0.2) is 0 Å². The van der Waals surface area contributed by atoms with Crippen molar-refractivity contribution in [3.8, 4) is 0 Å². The summed E-state index contributed by atoms with van der Waals surface area (Å²) in [6, 6.07) is 7.33. The van der Waals surface area contributed by atoms with E-state index in [-0.39, 0.29) is 0 Å². The van der Waals surface area contributed by atoms with Gasteiger partial charge in [-0.2, -0.15) is 0 Å². The van der Waals surface area contributed by atoms with E-state index in [1.54, 1.807) is 5.56 Å². The van der Waals surface area contributed by atoms with Gasteiger partial charge in [-0.05, 0) is 62.3 Å². The summed E-state index contributed by atoms with van der Waals surface area (Å²) in [6.45, 7) is 7.77. The molecule has 0 saturated heterocycles. The summed E-state index contributed by atoms with van der Waals surface area (Å²) < 4.78 is 0. The zero-order valence-electron chi connectivity index (χ0n) is 10.7. The minimum Gasteiger partial charge on any atom is -0.314 e. The minimum absolute atomic E-state index is 0.699. The predicted molar refractivity (Wildman–Crippen MR) is 69.8 cm³/mol. The lowest BCUT2D eigenvalue weighted by atomic mass is 9.94. The van der Waals surface area contributed by atoms with Crippen LogP contribution in [0.15, 0.2) is 18.2 Å². The Bertz CT molecular complexity index is 332. The van der Waals surface area contributed by atoms with E-state index in [1.165, 1.54) is 30.4 Å². The molecule has 0 aliphatic heterocycles. The van der Waals surface area contributed by atoms with E-state index < -0.39 is 0 Å². The average molecular weight is 217 g/mol. The lowest BCUT2D eigenvalue weighted by molar-refractivity contribution is 0.471. The van der Waals surface area contributed by atoms with E-state index in [0.29, 0.717) is 6.04 Å². The van der Waals surface area contributed by atoms with E-state index in [9.17, 15) is 0 Å². The zero-order valence-corrected chi connectivity index (χ0v) is 10.7. The van der Waals surface area contributed by atoms with Gasteiger partial charge >= 0.3 is 0 Å². The normalized spacial score (nSPS) is 17.4. The largest absolute Gasteiger partial charge is 0.314 e. The smallest absolute Gasteiger partial charge is 0.0136 e. The van der Waals surface area contributed by atoms with Crippen LogP contribution < -0.4 is 5.32 Å². The van der Waals surface area contributed by atoms with Crippen LogP contribution in [0.3, 0.4) is 0 Å². The minimum atomic E-state index is 0.699. The fraction of sp³-hybridized carbons (Fsp3) is 0.600.